The van der Waals surface area contributed by atoms with Crippen molar-refractivity contribution in [1.82, 2.24) is 14.6 Å². The minimum absolute atomic E-state index is 0.159. The number of aromatic nitrogens is 2. The SMILES string of the molecule is COc1ccc(NC(=O)CSc2nc(=O)n(N3CCN(C)CC3)c3c2CCC3)c(OC)c1. The number of piperazine rings is 1. The molecule has 2 aromatic rings. The molecule has 9 nitrogen and oxygen atoms in total. The molecule has 32 heavy (non-hydrogen) atoms. The Balaban J connectivity index is 1.47. The maximum atomic E-state index is 12.9. The summed E-state index contributed by atoms with van der Waals surface area (Å²) in [5.41, 5.74) is 2.47. The lowest BCUT2D eigenvalue weighted by molar-refractivity contribution is -0.113. The van der Waals surface area contributed by atoms with Crippen LogP contribution in [-0.2, 0) is 17.6 Å². The second-order valence-electron chi connectivity index (χ2n) is 7.95. The topological polar surface area (TPSA) is 88.9 Å². The summed E-state index contributed by atoms with van der Waals surface area (Å²) in [6.45, 7) is 3.46. The van der Waals surface area contributed by atoms with Gasteiger partial charge in [0.25, 0.3) is 0 Å². The first-order valence-corrected chi connectivity index (χ1v) is 11.7. The Morgan fingerprint density at radius 1 is 1.16 bits per heavy atom. The normalized spacial score (nSPS) is 16.0. The predicted molar refractivity (Wildman–Crippen MR) is 125 cm³/mol. The summed E-state index contributed by atoms with van der Waals surface area (Å²) in [6.07, 6.45) is 2.74. The summed E-state index contributed by atoms with van der Waals surface area (Å²) in [5, 5.41) is 5.65. The quantitative estimate of drug-likeness (QED) is 0.491. The Hall–Kier alpha value is -2.72. The number of nitrogens with zero attached hydrogens (tertiary/aromatic N) is 4. The highest BCUT2D eigenvalue weighted by Gasteiger charge is 2.26. The number of benzene rings is 1. The zero-order valence-corrected chi connectivity index (χ0v) is 19.5. The van der Waals surface area contributed by atoms with Gasteiger partial charge in [-0.05, 0) is 38.4 Å². The van der Waals surface area contributed by atoms with Gasteiger partial charge in [0.2, 0.25) is 5.91 Å². The molecule has 1 aromatic carbocycles. The van der Waals surface area contributed by atoms with Crippen LogP contribution >= 0.6 is 11.8 Å². The van der Waals surface area contributed by atoms with Crippen molar-refractivity contribution >= 4 is 23.4 Å². The van der Waals surface area contributed by atoms with Crippen LogP contribution in [0.1, 0.15) is 17.7 Å². The van der Waals surface area contributed by atoms with Gasteiger partial charge in [0, 0.05) is 37.8 Å². The van der Waals surface area contributed by atoms with Crippen molar-refractivity contribution in [2.24, 2.45) is 0 Å². The summed E-state index contributed by atoms with van der Waals surface area (Å²) in [7, 11) is 5.21. The molecule has 1 fully saturated rings. The van der Waals surface area contributed by atoms with Gasteiger partial charge in [-0.1, -0.05) is 11.8 Å². The maximum Gasteiger partial charge on any atom is 0.367 e. The van der Waals surface area contributed by atoms with Gasteiger partial charge in [-0.3, -0.25) is 4.79 Å². The van der Waals surface area contributed by atoms with Crippen molar-refractivity contribution in [1.29, 1.82) is 0 Å². The van der Waals surface area contributed by atoms with Gasteiger partial charge in [0.05, 0.1) is 31.4 Å². The lowest BCUT2D eigenvalue weighted by Crippen LogP contribution is -2.54. The Morgan fingerprint density at radius 2 is 1.94 bits per heavy atom. The molecule has 0 unspecified atom stereocenters. The molecule has 10 heteroatoms. The van der Waals surface area contributed by atoms with Crippen LogP contribution < -0.4 is 25.5 Å². The molecule has 1 saturated heterocycles. The van der Waals surface area contributed by atoms with Crippen molar-refractivity contribution in [3.8, 4) is 11.5 Å². The fourth-order valence-electron chi connectivity index (χ4n) is 4.14. The van der Waals surface area contributed by atoms with Gasteiger partial charge in [0.1, 0.15) is 16.5 Å². The number of carbonyl (C=O) groups is 1. The van der Waals surface area contributed by atoms with Crippen molar-refractivity contribution < 1.29 is 14.3 Å². The standard InChI is InChI=1S/C22H29N5O4S/c1-25-9-11-26(12-10-25)27-18-6-4-5-16(18)21(24-22(27)29)32-14-20(28)23-17-8-7-15(30-2)13-19(17)31-3/h7-8,13H,4-6,9-12,14H2,1-3H3,(H,23,28). The average molecular weight is 460 g/mol. The van der Waals surface area contributed by atoms with Crippen LogP contribution in [0.15, 0.2) is 28.0 Å². The van der Waals surface area contributed by atoms with Gasteiger partial charge in [-0.15, -0.1) is 0 Å². The van der Waals surface area contributed by atoms with Crippen LogP contribution in [0.4, 0.5) is 5.69 Å². The zero-order chi connectivity index (χ0) is 22.7. The number of amides is 1. The number of fused-ring (bicyclic) bond motifs is 1. The van der Waals surface area contributed by atoms with E-state index < -0.39 is 0 Å². The highest BCUT2D eigenvalue weighted by atomic mass is 32.2. The number of ether oxygens (including phenoxy) is 2. The van der Waals surface area contributed by atoms with E-state index in [2.05, 4.69) is 27.3 Å². The van der Waals surface area contributed by atoms with Crippen LogP contribution in [-0.4, -0.2) is 73.7 Å². The van der Waals surface area contributed by atoms with Crippen LogP contribution in [0.2, 0.25) is 0 Å². The van der Waals surface area contributed by atoms with Crippen LogP contribution in [0.3, 0.4) is 0 Å². The van der Waals surface area contributed by atoms with Gasteiger partial charge in [-0.2, -0.15) is 4.98 Å². The summed E-state index contributed by atoms with van der Waals surface area (Å²) < 4.78 is 12.3. The van der Waals surface area contributed by atoms with Crippen LogP contribution in [0.25, 0.3) is 0 Å². The smallest absolute Gasteiger partial charge is 0.367 e. The van der Waals surface area contributed by atoms with Gasteiger partial charge in [0.15, 0.2) is 0 Å². The molecule has 0 saturated carbocycles. The highest BCUT2D eigenvalue weighted by Crippen LogP contribution is 2.31. The van der Waals surface area contributed by atoms with Crippen molar-refractivity contribution in [3.63, 3.8) is 0 Å². The van der Waals surface area contributed by atoms with E-state index in [0.717, 1.165) is 56.7 Å². The Bertz CT molecular complexity index is 1050. The van der Waals surface area contributed by atoms with Crippen molar-refractivity contribution in [3.05, 3.63) is 39.9 Å². The molecule has 0 radical (unpaired) electrons. The fraction of sp³-hybridized carbons (Fsp3) is 0.500. The van der Waals surface area contributed by atoms with E-state index in [9.17, 15) is 9.59 Å². The minimum atomic E-state index is -0.255. The maximum absolute atomic E-state index is 12.9. The number of rotatable bonds is 7. The first-order chi connectivity index (χ1) is 15.5. The third kappa shape index (κ3) is 4.71. The molecule has 1 aromatic heterocycles. The third-order valence-corrected chi connectivity index (χ3v) is 6.88. The van der Waals surface area contributed by atoms with E-state index in [-0.39, 0.29) is 17.3 Å². The fourth-order valence-corrected chi connectivity index (χ4v) is 5.01. The molecule has 1 aliphatic carbocycles. The van der Waals surface area contributed by atoms with E-state index in [0.29, 0.717) is 22.2 Å². The molecule has 2 heterocycles. The number of methoxy groups -OCH3 is 2. The predicted octanol–water partition coefficient (Wildman–Crippen LogP) is 1.36. The number of thioether (sulfide) groups is 1. The van der Waals surface area contributed by atoms with Gasteiger partial charge >= 0.3 is 5.69 Å². The Kier molecular flexibility index (Phi) is 6.90. The number of hydrogen-bond donors (Lipinski definition) is 1. The van der Waals surface area contributed by atoms with E-state index in [1.165, 1.54) is 11.8 Å². The lowest BCUT2D eigenvalue weighted by Gasteiger charge is -2.35. The monoisotopic (exact) mass is 459 g/mol. The lowest BCUT2D eigenvalue weighted by atomic mass is 10.2. The summed E-state index contributed by atoms with van der Waals surface area (Å²) >= 11 is 1.32. The van der Waals surface area contributed by atoms with E-state index in [1.807, 2.05) is 0 Å². The average Bonchev–Trinajstić information content (AvgIpc) is 3.28. The number of hydrogen-bond acceptors (Lipinski definition) is 8. The van der Waals surface area contributed by atoms with E-state index >= 15 is 0 Å². The largest absolute Gasteiger partial charge is 0.497 e. The molecule has 2 aliphatic rings. The van der Waals surface area contributed by atoms with Crippen LogP contribution in [0, 0.1) is 0 Å². The first-order valence-electron chi connectivity index (χ1n) is 10.7. The van der Waals surface area contributed by atoms with Gasteiger partial charge in [-0.25, -0.2) is 9.47 Å². The second-order valence-corrected chi connectivity index (χ2v) is 8.91. The molecule has 172 valence electrons. The Labute approximate surface area is 191 Å². The number of nitrogens with one attached hydrogen (secondary N) is 1. The van der Waals surface area contributed by atoms with Gasteiger partial charge < -0.3 is 24.7 Å². The summed E-state index contributed by atoms with van der Waals surface area (Å²) in [5.74, 6) is 1.15. The summed E-state index contributed by atoms with van der Waals surface area (Å²) in [6, 6.07) is 5.22. The number of likely N-dealkylation sites (N-methyl/N-ethyl adjacent to an activating group) is 1. The number of carbonyl (C=O) groups excluding carboxylic acids is 1. The summed E-state index contributed by atoms with van der Waals surface area (Å²) in [4.78, 5) is 32.1. The molecule has 4 rings (SSSR count). The molecule has 1 aliphatic heterocycles. The molecular formula is C22H29N5O4S. The van der Waals surface area contributed by atoms with E-state index in [4.69, 9.17) is 9.47 Å². The molecule has 1 amide bonds. The van der Waals surface area contributed by atoms with Crippen LogP contribution in [0.5, 0.6) is 11.5 Å². The molecule has 0 atom stereocenters. The molecule has 0 spiro atoms. The zero-order valence-electron chi connectivity index (χ0n) is 18.7. The first kappa shape index (κ1) is 22.5. The molecule has 0 bridgehead atoms. The highest BCUT2D eigenvalue weighted by molar-refractivity contribution is 8.00. The molecule has 1 N–H and O–H groups in total. The third-order valence-electron chi connectivity index (χ3n) is 5.87. The number of anilines is 1. The van der Waals surface area contributed by atoms with E-state index in [1.54, 1.807) is 37.1 Å². The van der Waals surface area contributed by atoms with Crippen molar-refractivity contribution in [2.75, 3.05) is 63.5 Å². The minimum Gasteiger partial charge on any atom is -0.497 e. The molecular weight excluding hydrogens is 430 g/mol. The Morgan fingerprint density at radius 3 is 2.66 bits per heavy atom. The van der Waals surface area contributed by atoms with Crippen molar-refractivity contribution in [2.45, 2.75) is 24.3 Å². The second kappa shape index (κ2) is 9.83.